The molecule has 9 heteroatoms. The van der Waals surface area contributed by atoms with Crippen LogP contribution < -0.4 is 31.1 Å². The molecule has 0 aliphatic carbocycles. The number of hydrogen-bond donors (Lipinski definition) is 0. The Morgan fingerprint density at radius 1 is 0.327 bits per heavy atom. The predicted octanol–water partition coefficient (Wildman–Crippen LogP) is 3.92. The van der Waals surface area contributed by atoms with Gasteiger partial charge in [-0.1, -0.05) is 182 Å². The molecule has 0 heterocycles. The minimum Gasteiger partial charge on any atom is -0.488 e. The highest BCUT2D eigenvalue weighted by molar-refractivity contribution is 7.09. The van der Waals surface area contributed by atoms with Crippen LogP contribution in [0.15, 0.2) is 182 Å². The van der Waals surface area contributed by atoms with Crippen LogP contribution in [0.3, 0.4) is 0 Å². The van der Waals surface area contributed by atoms with Crippen molar-refractivity contribution in [3.05, 3.63) is 182 Å². The maximum absolute atomic E-state index is 13.3. The molecule has 0 bridgehead atoms. The van der Waals surface area contributed by atoms with E-state index in [0.29, 0.717) is 0 Å². The Kier molecular flexibility index (Phi) is 10.3. The van der Waals surface area contributed by atoms with Crippen molar-refractivity contribution >= 4 is 68.7 Å². The van der Waals surface area contributed by atoms with Crippen molar-refractivity contribution in [3.63, 3.8) is 0 Å². The molecule has 0 unspecified atom stereocenters. The first kappa shape index (κ1) is 33.7. The lowest BCUT2D eigenvalue weighted by Crippen LogP contribution is -2.80. The standard InChI is InChI=1S/C40H36O6Si3/c1-33(41)43-47(35-21-9-3-10-22-35,36-23-11-4-12-24-36)45-49(39-29-17-7-18-30-39,40-31-19-8-20-32-40)46-48(44-34(2)42,37-25-13-5-14-26-37)38-27-15-6-16-28-38/h3-32H,1-2H3. The van der Waals surface area contributed by atoms with Gasteiger partial charge in [-0.3, -0.25) is 9.59 Å². The second kappa shape index (κ2) is 14.9. The lowest BCUT2D eigenvalue weighted by molar-refractivity contribution is -0.134. The van der Waals surface area contributed by atoms with Gasteiger partial charge in [0.2, 0.25) is 0 Å². The Hall–Kier alpha value is -5.17. The smallest absolute Gasteiger partial charge is 0.462 e. The van der Waals surface area contributed by atoms with E-state index in [-0.39, 0.29) is 0 Å². The zero-order chi connectivity index (χ0) is 34.2. The molecule has 0 fully saturated rings. The highest BCUT2D eigenvalue weighted by atomic mass is 28.5. The van der Waals surface area contributed by atoms with E-state index >= 15 is 0 Å². The summed E-state index contributed by atoms with van der Waals surface area (Å²) in [5.41, 5.74) is 0. The first-order valence-electron chi connectivity index (χ1n) is 16.0. The summed E-state index contributed by atoms with van der Waals surface area (Å²) in [5.74, 6) is -0.976. The number of benzene rings is 6. The van der Waals surface area contributed by atoms with Crippen LogP contribution in [0.2, 0.25) is 0 Å². The van der Waals surface area contributed by atoms with Crippen molar-refractivity contribution in [3.8, 4) is 0 Å². The molecule has 49 heavy (non-hydrogen) atoms. The molecule has 6 rings (SSSR count). The molecule has 0 saturated carbocycles. The first-order valence-corrected chi connectivity index (χ1v) is 21.5. The maximum Gasteiger partial charge on any atom is 0.462 e. The van der Waals surface area contributed by atoms with Crippen LogP contribution in [-0.2, 0) is 26.7 Å². The van der Waals surface area contributed by atoms with Gasteiger partial charge in [0.15, 0.2) is 0 Å². The Morgan fingerprint density at radius 3 is 0.694 bits per heavy atom. The van der Waals surface area contributed by atoms with Gasteiger partial charge in [-0.25, -0.2) is 0 Å². The summed E-state index contributed by atoms with van der Waals surface area (Å²) >= 11 is 0. The normalized spacial score (nSPS) is 11.8. The predicted molar refractivity (Wildman–Crippen MR) is 199 cm³/mol. The Labute approximate surface area is 290 Å². The van der Waals surface area contributed by atoms with Crippen LogP contribution >= 0.6 is 0 Å². The molecule has 0 atom stereocenters. The fourth-order valence-corrected chi connectivity index (χ4v) is 20.0. The van der Waals surface area contributed by atoms with Gasteiger partial charge in [0.25, 0.3) is 11.9 Å². The Bertz CT molecular complexity index is 1740. The first-order chi connectivity index (χ1) is 23.9. The third kappa shape index (κ3) is 7.02. The van der Waals surface area contributed by atoms with Crippen molar-refractivity contribution in [2.24, 2.45) is 0 Å². The van der Waals surface area contributed by atoms with Crippen LogP contribution in [0.5, 0.6) is 0 Å². The van der Waals surface area contributed by atoms with Crippen molar-refractivity contribution in [1.29, 1.82) is 0 Å². The molecular weight excluding hydrogens is 661 g/mol. The van der Waals surface area contributed by atoms with Crippen LogP contribution in [0.25, 0.3) is 0 Å². The van der Waals surface area contributed by atoms with Gasteiger partial charge >= 0.3 is 25.7 Å². The fourth-order valence-electron chi connectivity index (χ4n) is 6.02. The second-order valence-electron chi connectivity index (χ2n) is 11.4. The SMILES string of the molecule is CC(=O)O[Si](O[Si](O[Si](OC(C)=O)(c1ccccc1)c1ccccc1)(c1ccccc1)c1ccccc1)(c1ccccc1)c1ccccc1. The Balaban J connectivity index is 1.75. The summed E-state index contributed by atoms with van der Waals surface area (Å²) in [6.45, 7) is 2.80. The van der Waals surface area contributed by atoms with Crippen molar-refractivity contribution in [2.75, 3.05) is 0 Å². The van der Waals surface area contributed by atoms with Gasteiger partial charge in [-0.05, 0) is 10.4 Å². The summed E-state index contributed by atoms with van der Waals surface area (Å²) in [5, 5.41) is 4.41. The molecule has 0 aromatic heterocycles. The minimum absolute atomic E-state index is 0.488. The number of hydrogen-bond acceptors (Lipinski definition) is 6. The van der Waals surface area contributed by atoms with Crippen molar-refractivity contribution in [2.45, 2.75) is 13.8 Å². The molecular formula is C40H36O6Si3. The van der Waals surface area contributed by atoms with E-state index in [4.69, 9.17) is 17.1 Å². The van der Waals surface area contributed by atoms with E-state index in [1.54, 1.807) is 0 Å². The topological polar surface area (TPSA) is 71.1 Å². The summed E-state index contributed by atoms with van der Waals surface area (Å²) < 4.78 is 28.7. The van der Waals surface area contributed by atoms with Crippen LogP contribution in [-0.4, -0.2) is 37.6 Å². The summed E-state index contributed by atoms with van der Waals surface area (Å²) in [7, 11) is -12.1. The van der Waals surface area contributed by atoms with Crippen LogP contribution in [0.4, 0.5) is 0 Å². The molecule has 6 aromatic rings. The van der Waals surface area contributed by atoms with Gasteiger partial charge in [0.1, 0.15) is 0 Å². The number of carbonyl (C=O) groups excluding carboxylic acids is 2. The Morgan fingerprint density at radius 2 is 0.510 bits per heavy atom. The molecule has 0 aliphatic rings. The van der Waals surface area contributed by atoms with E-state index in [2.05, 4.69) is 0 Å². The van der Waals surface area contributed by atoms with Crippen LogP contribution in [0.1, 0.15) is 13.8 Å². The second-order valence-corrected chi connectivity index (χ2v) is 20.6. The van der Waals surface area contributed by atoms with Gasteiger partial charge in [0.05, 0.1) is 0 Å². The number of rotatable bonds is 12. The average molecular weight is 697 g/mol. The highest BCUT2D eigenvalue weighted by Gasteiger charge is 2.61. The van der Waals surface area contributed by atoms with E-state index in [1.165, 1.54) is 13.8 Å². The molecule has 0 spiro atoms. The lowest BCUT2D eigenvalue weighted by atomic mass is 10.4. The minimum atomic E-state index is -4.11. The van der Waals surface area contributed by atoms with Gasteiger partial charge < -0.3 is 17.1 Å². The van der Waals surface area contributed by atoms with Gasteiger partial charge in [0, 0.05) is 34.6 Å². The van der Waals surface area contributed by atoms with E-state index in [1.807, 2.05) is 182 Å². The maximum atomic E-state index is 13.3. The molecule has 0 amide bonds. The molecule has 6 nitrogen and oxygen atoms in total. The third-order valence-corrected chi connectivity index (χ3v) is 20.4. The van der Waals surface area contributed by atoms with E-state index < -0.39 is 37.6 Å². The largest absolute Gasteiger partial charge is 0.488 e. The zero-order valence-corrected chi connectivity index (χ0v) is 30.3. The monoisotopic (exact) mass is 696 g/mol. The van der Waals surface area contributed by atoms with Gasteiger partial charge in [-0.15, -0.1) is 0 Å². The third-order valence-electron chi connectivity index (χ3n) is 8.07. The molecule has 244 valence electrons. The summed E-state index contributed by atoms with van der Waals surface area (Å²) in [4.78, 5) is 26.6. The number of carbonyl (C=O) groups is 2. The summed E-state index contributed by atoms with van der Waals surface area (Å²) in [6, 6.07) is 57.9. The molecule has 0 saturated heterocycles. The molecule has 6 aromatic carbocycles. The molecule has 0 N–H and O–H groups in total. The van der Waals surface area contributed by atoms with Crippen molar-refractivity contribution in [1.82, 2.24) is 0 Å². The zero-order valence-electron chi connectivity index (χ0n) is 27.3. The van der Waals surface area contributed by atoms with Crippen molar-refractivity contribution < 1.29 is 26.7 Å². The molecule has 0 radical (unpaired) electrons. The summed E-state index contributed by atoms with van der Waals surface area (Å²) in [6.07, 6.45) is 0. The van der Waals surface area contributed by atoms with Gasteiger partial charge in [-0.2, -0.15) is 0 Å². The van der Waals surface area contributed by atoms with Crippen LogP contribution in [0, 0.1) is 0 Å². The highest BCUT2D eigenvalue weighted by Crippen LogP contribution is 2.25. The van der Waals surface area contributed by atoms with E-state index in [9.17, 15) is 9.59 Å². The quantitative estimate of drug-likeness (QED) is 0.181. The average Bonchev–Trinajstić information content (AvgIpc) is 3.15. The fraction of sp³-hybridized carbons (Fsp3) is 0.0500. The lowest BCUT2D eigenvalue weighted by Gasteiger charge is -2.45. The van der Waals surface area contributed by atoms with E-state index in [0.717, 1.165) is 31.1 Å². The molecule has 0 aliphatic heterocycles.